The van der Waals surface area contributed by atoms with Crippen LogP contribution in [-0.4, -0.2) is 56.0 Å². The molecule has 94 valence electrons. The third kappa shape index (κ3) is 4.94. The normalized spacial score (nSPS) is 19.8. The summed E-state index contributed by atoms with van der Waals surface area (Å²) in [5.41, 5.74) is 0. The highest BCUT2D eigenvalue weighted by molar-refractivity contribution is 7.90. The second-order valence-electron chi connectivity index (χ2n) is 4.44. The average molecular weight is 249 g/mol. The lowest BCUT2D eigenvalue weighted by Crippen LogP contribution is -2.37. The summed E-state index contributed by atoms with van der Waals surface area (Å²) in [4.78, 5) is 12.9. The van der Waals surface area contributed by atoms with Crippen LogP contribution in [0.3, 0.4) is 0 Å². The van der Waals surface area contributed by atoms with Crippen molar-refractivity contribution in [2.45, 2.75) is 19.3 Å². The predicted octanol–water partition coefficient (Wildman–Crippen LogP) is 0.218. The van der Waals surface area contributed by atoms with Crippen LogP contribution >= 0.6 is 0 Å². The molecule has 1 aliphatic rings. The Morgan fingerprint density at radius 1 is 1.38 bits per heavy atom. The van der Waals surface area contributed by atoms with Crippen LogP contribution in [0.1, 0.15) is 19.3 Å². The van der Waals surface area contributed by atoms with Crippen molar-refractivity contribution in [1.29, 1.82) is 0 Å². The van der Waals surface area contributed by atoms with Crippen molar-refractivity contribution in [2.75, 3.05) is 31.6 Å². The Kier molecular flexibility index (Phi) is 4.73. The smallest absolute Gasteiger partial charge is 0.306 e. The minimum absolute atomic E-state index is 0.214. The number of sulfone groups is 1. The molecule has 1 heterocycles. The average Bonchev–Trinajstić information content (AvgIpc) is 2.16. The molecule has 16 heavy (non-hydrogen) atoms. The maximum absolute atomic E-state index is 10.9. The van der Waals surface area contributed by atoms with Crippen molar-refractivity contribution in [2.24, 2.45) is 5.92 Å². The third-order valence-electron chi connectivity index (χ3n) is 2.93. The van der Waals surface area contributed by atoms with Gasteiger partial charge in [-0.1, -0.05) is 0 Å². The molecule has 1 aliphatic heterocycles. The summed E-state index contributed by atoms with van der Waals surface area (Å²) in [6, 6.07) is 0. The zero-order valence-electron chi connectivity index (χ0n) is 9.55. The largest absolute Gasteiger partial charge is 0.481 e. The van der Waals surface area contributed by atoms with E-state index in [4.69, 9.17) is 5.11 Å². The van der Waals surface area contributed by atoms with Gasteiger partial charge >= 0.3 is 5.97 Å². The van der Waals surface area contributed by atoms with Crippen LogP contribution in [0.2, 0.25) is 0 Å². The Labute approximate surface area is 96.4 Å². The van der Waals surface area contributed by atoms with Gasteiger partial charge in [-0.25, -0.2) is 8.42 Å². The first-order valence-corrected chi connectivity index (χ1v) is 7.57. The van der Waals surface area contributed by atoms with Gasteiger partial charge in [-0.15, -0.1) is 0 Å². The fraction of sp³-hybridized carbons (Fsp3) is 0.900. The van der Waals surface area contributed by atoms with E-state index in [9.17, 15) is 13.2 Å². The number of piperidine rings is 1. The summed E-state index contributed by atoms with van der Waals surface area (Å²) < 4.78 is 21.8. The maximum Gasteiger partial charge on any atom is 0.306 e. The van der Waals surface area contributed by atoms with Gasteiger partial charge in [0.2, 0.25) is 0 Å². The molecule has 0 aromatic carbocycles. The molecule has 6 heteroatoms. The highest BCUT2D eigenvalue weighted by Crippen LogP contribution is 2.17. The molecule has 0 aromatic rings. The first-order chi connectivity index (χ1) is 7.38. The molecule has 0 saturated carbocycles. The van der Waals surface area contributed by atoms with Crippen molar-refractivity contribution in [3.63, 3.8) is 0 Å². The molecule has 0 radical (unpaired) electrons. The number of carbonyl (C=O) groups is 1. The highest BCUT2D eigenvalue weighted by atomic mass is 32.2. The second kappa shape index (κ2) is 5.63. The Hall–Kier alpha value is -0.620. The summed E-state index contributed by atoms with van der Waals surface area (Å²) in [6.45, 7) is 2.28. The number of hydrogen-bond donors (Lipinski definition) is 1. The van der Waals surface area contributed by atoms with Crippen molar-refractivity contribution in [3.05, 3.63) is 0 Å². The van der Waals surface area contributed by atoms with Crippen LogP contribution in [-0.2, 0) is 14.6 Å². The number of aliphatic carboxylic acids is 1. The number of hydrogen-bond acceptors (Lipinski definition) is 4. The predicted molar refractivity (Wildman–Crippen MR) is 61.1 cm³/mol. The first kappa shape index (κ1) is 13.4. The molecule has 5 nitrogen and oxygen atoms in total. The number of carboxylic acid groups (broad SMARTS) is 1. The lowest BCUT2D eigenvalue weighted by Gasteiger charge is -2.29. The van der Waals surface area contributed by atoms with Crippen molar-refractivity contribution < 1.29 is 18.3 Å². The molecule has 1 rings (SSSR count). The quantitative estimate of drug-likeness (QED) is 0.754. The van der Waals surface area contributed by atoms with Crippen LogP contribution in [0, 0.1) is 5.92 Å². The van der Waals surface area contributed by atoms with E-state index in [0.29, 0.717) is 19.3 Å². The molecule has 0 aliphatic carbocycles. The number of rotatable bonds is 5. The lowest BCUT2D eigenvalue weighted by molar-refractivity contribution is -0.143. The minimum Gasteiger partial charge on any atom is -0.481 e. The van der Waals surface area contributed by atoms with Gasteiger partial charge in [-0.05, 0) is 38.9 Å². The number of carboxylic acids is 1. The van der Waals surface area contributed by atoms with Crippen molar-refractivity contribution in [3.8, 4) is 0 Å². The molecule has 1 saturated heterocycles. The second-order valence-corrected chi connectivity index (χ2v) is 6.70. The van der Waals surface area contributed by atoms with Crippen LogP contribution < -0.4 is 0 Å². The maximum atomic E-state index is 10.9. The van der Waals surface area contributed by atoms with Gasteiger partial charge in [0.15, 0.2) is 0 Å². The molecular weight excluding hydrogens is 230 g/mol. The van der Waals surface area contributed by atoms with Gasteiger partial charge in [0, 0.05) is 6.26 Å². The summed E-state index contributed by atoms with van der Waals surface area (Å²) in [6.07, 6.45) is 3.22. The molecule has 0 atom stereocenters. The van der Waals surface area contributed by atoms with E-state index in [1.807, 2.05) is 0 Å². The summed E-state index contributed by atoms with van der Waals surface area (Å²) in [5, 5.41) is 8.81. The molecule has 0 aromatic heterocycles. The fourth-order valence-corrected chi connectivity index (χ4v) is 2.61. The van der Waals surface area contributed by atoms with Crippen LogP contribution in [0.5, 0.6) is 0 Å². The summed E-state index contributed by atoms with van der Waals surface area (Å²) in [5.74, 6) is -0.715. The monoisotopic (exact) mass is 249 g/mol. The molecule has 0 spiro atoms. The molecule has 0 bridgehead atoms. The van der Waals surface area contributed by atoms with E-state index >= 15 is 0 Å². The number of nitrogens with zero attached hydrogens (tertiary/aromatic N) is 1. The zero-order valence-corrected chi connectivity index (χ0v) is 10.4. The third-order valence-corrected chi connectivity index (χ3v) is 3.96. The standard InChI is InChI=1S/C10H19NO4S/c1-16(14,15)8-2-5-11-6-3-9(4-7-11)10(12)13/h9H,2-8H2,1H3,(H,12,13). The topological polar surface area (TPSA) is 74.7 Å². The van der Waals surface area contributed by atoms with Crippen LogP contribution in [0.4, 0.5) is 0 Å². The number of likely N-dealkylation sites (tertiary alicyclic amines) is 1. The Bertz CT molecular complexity index is 331. The lowest BCUT2D eigenvalue weighted by atomic mass is 9.97. The van der Waals surface area contributed by atoms with Gasteiger partial charge in [0.1, 0.15) is 9.84 Å². The Morgan fingerprint density at radius 3 is 2.38 bits per heavy atom. The molecule has 1 fully saturated rings. The SMILES string of the molecule is CS(=O)(=O)CCCN1CCC(C(=O)O)CC1. The van der Waals surface area contributed by atoms with Gasteiger partial charge in [-0.3, -0.25) is 4.79 Å². The highest BCUT2D eigenvalue weighted by Gasteiger charge is 2.24. The van der Waals surface area contributed by atoms with E-state index in [1.54, 1.807) is 0 Å². The van der Waals surface area contributed by atoms with Crippen molar-refractivity contribution in [1.82, 2.24) is 4.90 Å². The summed E-state index contributed by atoms with van der Waals surface area (Å²) in [7, 11) is -2.87. The molecular formula is C10H19NO4S. The zero-order chi connectivity index (χ0) is 12.2. The van der Waals surface area contributed by atoms with Gasteiger partial charge in [0.25, 0.3) is 0 Å². The molecule has 0 amide bonds. The first-order valence-electron chi connectivity index (χ1n) is 5.51. The van der Waals surface area contributed by atoms with E-state index in [0.717, 1.165) is 19.6 Å². The van der Waals surface area contributed by atoms with E-state index in [1.165, 1.54) is 6.26 Å². The fourth-order valence-electron chi connectivity index (χ4n) is 1.95. The van der Waals surface area contributed by atoms with Gasteiger partial charge in [-0.2, -0.15) is 0 Å². The van der Waals surface area contributed by atoms with E-state index < -0.39 is 15.8 Å². The van der Waals surface area contributed by atoms with Gasteiger partial charge < -0.3 is 10.0 Å². The Morgan fingerprint density at radius 2 is 1.94 bits per heavy atom. The minimum atomic E-state index is -2.87. The van der Waals surface area contributed by atoms with Crippen LogP contribution in [0.15, 0.2) is 0 Å². The van der Waals surface area contributed by atoms with Gasteiger partial charge in [0.05, 0.1) is 11.7 Å². The van der Waals surface area contributed by atoms with E-state index in [2.05, 4.69) is 4.90 Å². The molecule has 1 N–H and O–H groups in total. The van der Waals surface area contributed by atoms with Crippen molar-refractivity contribution >= 4 is 15.8 Å². The van der Waals surface area contributed by atoms with E-state index in [-0.39, 0.29) is 11.7 Å². The summed E-state index contributed by atoms with van der Waals surface area (Å²) >= 11 is 0. The molecule has 0 unspecified atom stereocenters. The Balaban J connectivity index is 2.20. The van der Waals surface area contributed by atoms with Crippen LogP contribution in [0.25, 0.3) is 0 Å².